The maximum atomic E-state index is 11.5. The van der Waals surface area contributed by atoms with Crippen LogP contribution in [0.25, 0.3) is 0 Å². The molecule has 0 saturated heterocycles. The highest BCUT2D eigenvalue weighted by atomic mass is 33.1. The fourth-order valence-electron chi connectivity index (χ4n) is 0.797. The van der Waals surface area contributed by atoms with Crippen LogP contribution < -0.4 is 10.7 Å². The van der Waals surface area contributed by atoms with Gasteiger partial charge in [-0.2, -0.15) is 5.10 Å². The smallest absolute Gasteiger partial charge is 0.264 e. The molecule has 0 aromatic carbocycles. The van der Waals surface area contributed by atoms with Crippen molar-refractivity contribution < 1.29 is 9.59 Å². The number of carbonyl (C=O) groups is 2. The van der Waals surface area contributed by atoms with E-state index in [1.54, 1.807) is 42.4 Å². The molecule has 20 heavy (non-hydrogen) atoms. The number of nitrogens with zero attached hydrogens (tertiary/aromatic N) is 1. The standard InChI is InChI=1S/C13H25N3O2S2/c1-12(2,3)11(18)16-15-9-10(17)14-7-8-19-20-13(4,5)6/h9H,7-8H2,1-6H3,(H,14,17)(H,16,18)/b15-9+. The zero-order valence-corrected chi connectivity index (χ0v) is 14.7. The molecule has 0 fully saturated rings. The van der Waals surface area contributed by atoms with Crippen molar-refractivity contribution in [2.24, 2.45) is 10.5 Å². The fourth-order valence-corrected chi connectivity index (χ4v) is 2.98. The summed E-state index contributed by atoms with van der Waals surface area (Å²) in [7, 11) is 3.51. The lowest BCUT2D eigenvalue weighted by Crippen LogP contribution is -2.33. The molecule has 0 bridgehead atoms. The van der Waals surface area contributed by atoms with E-state index in [1.807, 2.05) is 0 Å². The topological polar surface area (TPSA) is 70.6 Å². The number of nitrogens with one attached hydrogen (secondary N) is 2. The van der Waals surface area contributed by atoms with Gasteiger partial charge >= 0.3 is 0 Å². The average Bonchev–Trinajstić information content (AvgIpc) is 2.25. The molecule has 0 rings (SSSR count). The SMILES string of the molecule is CC(C)(C)SSCCNC(=O)/C=N/NC(=O)C(C)(C)C. The Hall–Kier alpha value is -0.690. The Labute approximate surface area is 129 Å². The first-order chi connectivity index (χ1) is 9.02. The van der Waals surface area contributed by atoms with Crippen LogP contribution in [0.3, 0.4) is 0 Å². The Morgan fingerprint density at radius 3 is 2.25 bits per heavy atom. The van der Waals surface area contributed by atoms with E-state index >= 15 is 0 Å². The minimum Gasteiger partial charge on any atom is -0.350 e. The quantitative estimate of drug-likeness (QED) is 0.341. The van der Waals surface area contributed by atoms with Crippen molar-refractivity contribution in [1.82, 2.24) is 10.7 Å². The maximum absolute atomic E-state index is 11.5. The van der Waals surface area contributed by atoms with Crippen LogP contribution in [0.4, 0.5) is 0 Å². The van der Waals surface area contributed by atoms with Crippen molar-refractivity contribution in [3.05, 3.63) is 0 Å². The van der Waals surface area contributed by atoms with Gasteiger partial charge in [-0.25, -0.2) is 5.43 Å². The summed E-state index contributed by atoms with van der Waals surface area (Å²) in [6, 6.07) is 0. The Bertz CT molecular complexity index is 358. The van der Waals surface area contributed by atoms with Crippen LogP contribution in [-0.2, 0) is 9.59 Å². The largest absolute Gasteiger partial charge is 0.350 e. The van der Waals surface area contributed by atoms with Crippen LogP contribution in [0.15, 0.2) is 5.10 Å². The summed E-state index contributed by atoms with van der Waals surface area (Å²) in [5.41, 5.74) is 1.82. The summed E-state index contributed by atoms with van der Waals surface area (Å²) in [5, 5.41) is 6.33. The molecule has 5 nitrogen and oxygen atoms in total. The van der Waals surface area contributed by atoms with E-state index in [-0.39, 0.29) is 16.6 Å². The lowest BCUT2D eigenvalue weighted by Gasteiger charge is -2.16. The van der Waals surface area contributed by atoms with Gasteiger partial charge in [0.1, 0.15) is 6.21 Å². The first kappa shape index (κ1) is 19.3. The van der Waals surface area contributed by atoms with Crippen molar-refractivity contribution in [3.8, 4) is 0 Å². The van der Waals surface area contributed by atoms with Gasteiger partial charge in [-0.3, -0.25) is 9.59 Å². The van der Waals surface area contributed by atoms with Crippen LogP contribution in [0.2, 0.25) is 0 Å². The Balaban J connectivity index is 3.77. The molecule has 0 aliphatic rings. The lowest BCUT2D eigenvalue weighted by molar-refractivity contribution is -0.128. The maximum Gasteiger partial charge on any atom is 0.264 e. The van der Waals surface area contributed by atoms with Gasteiger partial charge in [-0.15, -0.1) is 0 Å². The van der Waals surface area contributed by atoms with Crippen LogP contribution in [0.5, 0.6) is 0 Å². The van der Waals surface area contributed by atoms with E-state index in [2.05, 4.69) is 36.6 Å². The number of rotatable bonds is 6. The molecule has 0 aromatic rings. The molecule has 2 N–H and O–H groups in total. The molecule has 7 heteroatoms. The van der Waals surface area contributed by atoms with Crippen LogP contribution in [-0.4, -0.2) is 35.1 Å². The van der Waals surface area contributed by atoms with Gasteiger partial charge in [-0.1, -0.05) is 63.1 Å². The summed E-state index contributed by atoms with van der Waals surface area (Å²) in [6.07, 6.45) is 1.09. The zero-order valence-electron chi connectivity index (χ0n) is 13.1. The fraction of sp³-hybridized carbons (Fsp3) is 0.769. The first-order valence-corrected chi connectivity index (χ1v) is 8.76. The summed E-state index contributed by atoms with van der Waals surface area (Å²) in [4.78, 5) is 22.9. The van der Waals surface area contributed by atoms with E-state index in [1.165, 1.54) is 0 Å². The van der Waals surface area contributed by atoms with Gasteiger partial charge in [0.15, 0.2) is 0 Å². The molecule has 0 aliphatic heterocycles. The molecule has 0 radical (unpaired) electrons. The molecule has 0 saturated carbocycles. The molecule has 0 unspecified atom stereocenters. The van der Waals surface area contributed by atoms with Crippen molar-refractivity contribution in [2.75, 3.05) is 12.3 Å². The Morgan fingerprint density at radius 1 is 1.15 bits per heavy atom. The van der Waals surface area contributed by atoms with Crippen LogP contribution in [0, 0.1) is 5.41 Å². The third-order valence-corrected chi connectivity index (χ3v) is 5.16. The molecule has 0 aromatic heterocycles. The minimum atomic E-state index is -0.519. The number of amides is 2. The highest BCUT2D eigenvalue weighted by molar-refractivity contribution is 8.77. The number of hydrazone groups is 1. The van der Waals surface area contributed by atoms with Crippen molar-refractivity contribution in [1.29, 1.82) is 0 Å². The number of carbonyl (C=O) groups excluding carboxylic acids is 2. The van der Waals surface area contributed by atoms with Crippen molar-refractivity contribution in [3.63, 3.8) is 0 Å². The molecule has 116 valence electrons. The van der Waals surface area contributed by atoms with E-state index in [9.17, 15) is 9.59 Å². The van der Waals surface area contributed by atoms with Gasteiger partial charge in [0, 0.05) is 22.5 Å². The van der Waals surface area contributed by atoms with Crippen LogP contribution >= 0.6 is 21.6 Å². The molecule has 2 amide bonds. The predicted octanol–water partition coefficient (Wildman–Crippen LogP) is 2.43. The molecule has 0 spiro atoms. The summed E-state index contributed by atoms with van der Waals surface area (Å²) in [5.74, 6) is 0.301. The second-order valence-electron chi connectivity index (χ2n) is 6.26. The second kappa shape index (κ2) is 8.56. The minimum absolute atomic E-state index is 0.216. The van der Waals surface area contributed by atoms with Crippen molar-refractivity contribution in [2.45, 2.75) is 46.3 Å². The van der Waals surface area contributed by atoms with E-state index in [0.717, 1.165) is 12.0 Å². The van der Waals surface area contributed by atoms with Gasteiger partial charge in [0.05, 0.1) is 0 Å². The molecule has 0 heterocycles. The summed E-state index contributed by atoms with van der Waals surface area (Å²) in [6.45, 7) is 12.4. The lowest BCUT2D eigenvalue weighted by atomic mass is 9.96. The molecule has 0 atom stereocenters. The second-order valence-corrected chi connectivity index (χ2v) is 9.50. The Morgan fingerprint density at radius 2 is 1.75 bits per heavy atom. The molecular weight excluding hydrogens is 294 g/mol. The summed E-state index contributed by atoms with van der Waals surface area (Å²) < 4.78 is 0.216. The normalized spacial score (nSPS) is 12.5. The molecule has 0 aliphatic carbocycles. The zero-order chi connectivity index (χ0) is 15.8. The highest BCUT2D eigenvalue weighted by Crippen LogP contribution is 2.34. The number of hydrogen-bond donors (Lipinski definition) is 2. The van der Waals surface area contributed by atoms with Crippen LogP contribution in [0.1, 0.15) is 41.5 Å². The van der Waals surface area contributed by atoms with E-state index < -0.39 is 5.41 Å². The average molecular weight is 319 g/mol. The van der Waals surface area contributed by atoms with Gasteiger partial charge in [0.25, 0.3) is 5.91 Å². The Kier molecular flexibility index (Phi) is 8.27. The van der Waals surface area contributed by atoms with Gasteiger partial charge in [0.2, 0.25) is 5.91 Å². The third kappa shape index (κ3) is 11.2. The van der Waals surface area contributed by atoms with Gasteiger partial charge < -0.3 is 5.32 Å². The van der Waals surface area contributed by atoms with E-state index in [4.69, 9.17) is 0 Å². The van der Waals surface area contributed by atoms with E-state index in [0.29, 0.717) is 6.54 Å². The third-order valence-electron chi connectivity index (χ3n) is 1.82. The molecular formula is C13H25N3O2S2. The number of hydrogen-bond acceptors (Lipinski definition) is 5. The first-order valence-electron chi connectivity index (χ1n) is 6.44. The van der Waals surface area contributed by atoms with Crippen molar-refractivity contribution >= 4 is 39.6 Å². The van der Waals surface area contributed by atoms with Gasteiger partial charge in [-0.05, 0) is 0 Å². The summed E-state index contributed by atoms with van der Waals surface area (Å²) >= 11 is 0. The highest BCUT2D eigenvalue weighted by Gasteiger charge is 2.20. The monoisotopic (exact) mass is 319 g/mol. The predicted molar refractivity (Wildman–Crippen MR) is 88.9 cm³/mol.